The van der Waals surface area contributed by atoms with Gasteiger partial charge in [-0.25, -0.2) is 15.0 Å². The monoisotopic (exact) mass is 367 g/mol. The van der Waals surface area contributed by atoms with Gasteiger partial charge in [-0.1, -0.05) is 0 Å². The lowest BCUT2D eigenvalue weighted by Crippen LogP contribution is -2.38. The lowest BCUT2D eigenvalue weighted by atomic mass is 10.4. The molecule has 2 rings (SSSR count). The number of aliphatic imine (C=N–C) groups is 1. The summed E-state index contributed by atoms with van der Waals surface area (Å²) in [7, 11) is 3.72. The Labute approximate surface area is 151 Å². The maximum atomic E-state index is 5.32. The van der Waals surface area contributed by atoms with Crippen LogP contribution in [0.1, 0.15) is 40.5 Å². The van der Waals surface area contributed by atoms with Crippen molar-refractivity contribution in [2.24, 2.45) is 4.99 Å². The number of nitrogens with zero attached hydrogens (tertiary/aromatic N) is 4. The second kappa shape index (κ2) is 9.10. The minimum atomic E-state index is 0.0316. The Kier molecular flexibility index (Phi) is 7.14. The fourth-order valence-electron chi connectivity index (χ4n) is 2.09. The predicted molar refractivity (Wildman–Crippen MR) is 101 cm³/mol. The Bertz CT molecular complexity index is 667. The average molecular weight is 368 g/mol. The van der Waals surface area contributed by atoms with E-state index in [4.69, 9.17) is 4.74 Å². The van der Waals surface area contributed by atoms with Crippen molar-refractivity contribution in [2.75, 3.05) is 20.7 Å². The van der Waals surface area contributed by atoms with Crippen LogP contribution in [0.3, 0.4) is 0 Å². The van der Waals surface area contributed by atoms with Crippen LogP contribution in [0.15, 0.2) is 16.6 Å². The third-order valence-electron chi connectivity index (χ3n) is 3.40. The van der Waals surface area contributed by atoms with Crippen molar-refractivity contribution in [1.29, 1.82) is 0 Å². The van der Waals surface area contributed by atoms with Crippen molar-refractivity contribution in [2.45, 2.75) is 40.0 Å². The van der Waals surface area contributed by atoms with Crippen LogP contribution in [0.25, 0.3) is 0 Å². The first kappa shape index (κ1) is 18.8. The highest BCUT2D eigenvalue weighted by atomic mass is 32.1. The van der Waals surface area contributed by atoms with Gasteiger partial charge >= 0.3 is 0 Å². The first-order valence-corrected chi connectivity index (χ1v) is 9.61. The predicted octanol–water partition coefficient (Wildman–Crippen LogP) is 3.21. The molecule has 6 nitrogen and oxygen atoms in total. The quantitative estimate of drug-likeness (QED) is 0.601. The second-order valence-electron chi connectivity index (χ2n) is 5.45. The molecule has 0 radical (unpaired) electrons. The van der Waals surface area contributed by atoms with E-state index in [1.54, 1.807) is 29.8 Å². The Hall–Kier alpha value is -1.51. The zero-order chi connectivity index (χ0) is 17.5. The normalized spacial score (nSPS) is 13.1. The van der Waals surface area contributed by atoms with Crippen molar-refractivity contribution in [3.05, 3.63) is 32.2 Å². The van der Waals surface area contributed by atoms with Gasteiger partial charge in [0.15, 0.2) is 5.96 Å². The zero-order valence-corrected chi connectivity index (χ0v) is 16.5. The topological polar surface area (TPSA) is 62.6 Å². The molecule has 1 atom stereocenters. The Morgan fingerprint density at radius 1 is 1.50 bits per heavy atom. The summed E-state index contributed by atoms with van der Waals surface area (Å²) in [6.45, 7) is 8.25. The minimum Gasteiger partial charge on any atom is -0.375 e. The first-order chi connectivity index (χ1) is 11.5. The van der Waals surface area contributed by atoms with Crippen LogP contribution in [0.2, 0.25) is 0 Å². The molecule has 0 amide bonds. The molecule has 0 aliphatic rings. The van der Waals surface area contributed by atoms with Gasteiger partial charge in [0, 0.05) is 37.2 Å². The smallest absolute Gasteiger partial charge is 0.194 e. The maximum absolute atomic E-state index is 5.32. The van der Waals surface area contributed by atoms with Gasteiger partial charge < -0.3 is 15.0 Å². The Morgan fingerprint density at radius 2 is 2.29 bits per heavy atom. The average Bonchev–Trinajstić information content (AvgIpc) is 3.19. The Morgan fingerprint density at radius 3 is 2.92 bits per heavy atom. The van der Waals surface area contributed by atoms with Crippen molar-refractivity contribution >= 4 is 28.6 Å². The van der Waals surface area contributed by atoms with Crippen molar-refractivity contribution < 1.29 is 4.74 Å². The molecule has 0 aromatic carbocycles. The molecule has 1 N–H and O–H groups in total. The van der Waals surface area contributed by atoms with E-state index >= 15 is 0 Å². The molecule has 0 fully saturated rings. The molecule has 1 unspecified atom stereocenters. The van der Waals surface area contributed by atoms with E-state index in [9.17, 15) is 0 Å². The SMILES string of the molecule is CCNC(=NCc1ncc(C)s1)N(C)Cc1csc(C(C)OC)n1. The summed E-state index contributed by atoms with van der Waals surface area (Å²) in [5, 5.41) is 7.43. The molecule has 0 aliphatic carbocycles. The number of nitrogens with one attached hydrogen (secondary N) is 1. The molecule has 0 aliphatic heterocycles. The van der Waals surface area contributed by atoms with Gasteiger partial charge in [-0.2, -0.15) is 0 Å². The summed E-state index contributed by atoms with van der Waals surface area (Å²) in [4.78, 5) is 17.0. The maximum Gasteiger partial charge on any atom is 0.194 e. The highest BCUT2D eigenvalue weighted by molar-refractivity contribution is 7.11. The number of aryl methyl sites for hydroxylation is 1. The number of hydrogen-bond acceptors (Lipinski definition) is 6. The fraction of sp³-hybridized carbons (Fsp3) is 0.562. The largest absolute Gasteiger partial charge is 0.375 e. The molecule has 8 heteroatoms. The van der Waals surface area contributed by atoms with Gasteiger partial charge in [0.1, 0.15) is 16.1 Å². The summed E-state index contributed by atoms with van der Waals surface area (Å²) >= 11 is 3.31. The molecular formula is C16H25N5OS2. The molecule has 0 saturated heterocycles. The van der Waals surface area contributed by atoms with Crippen molar-refractivity contribution in [1.82, 2.24) is 20.2 Å². The van der Waals surface area contributed by atoms with Gasteiger partial charge in [0.2, 0.25) is 0 Å². The summed E-state index contributed by atoms with van der Waals surface area (Å²) in [5.74, 6) is 0.861. The number of guanidine groups is 1. The lowest BCUT2D eigenvalue weighted by molar-refractivity contribution is 0.119. The molecule has 132 valence electrons. The third-order valence-corrected chi connectivity index (χ3v) is 5.35. The number of ether oxygens (including phenoxy) is 1. The number of thiazole rings is 2. The minimum absolute atomic E-state index is 0.0316. The first-order valence-electron chi connectivity index (χ1n) is 7.91. The summed E-state index contributed by atoms with van der Waals surface area (Å²) < 4.78 is 5.32. The Balaban J connectivity index is 2.02. The lowest BCUT2D eigenvalue weighted by Gasteiger charge is -2.21. The van der Waals surface area contributed by atoms with Gasteiger partial charge in [0.25, 0.3) is 0 Å². The molecule has 24 heavy (non-hydrogen) atoms. The highest BCUT2D eigenvalue weighted by Gasteiger charge is 2.12. The zero-order valence-electron chi connectivity index (χ0n) is 14.9. The van der Waals surface area contributed by atoms with Gasteiger partial charge in [-0.3, -0.25) is 0 Å². The number of methoxy groups -OCH3 is 1. The van der Waals surface area contributed by atoms with E-state index in [1.165, 1.54) is 4.88 Å². The molecule has 0 bridgehead atoms. The van der Waals surface area contributed by atoms with Crippen LogP contribution in [0.5, 0.6) is 0 Å². The van der Waals surface area contributed by atoms with Crippen LogP contribution >= 0.6 is 22.7 Å². The summed E-state index contributed by atoms with van der Waals surface area (Å²) in [6, 6.07) is 0. The molecule has 2 aromatic rings. The van der Waals surface area contributed by atoms with E-state index < -0.39 is 0 Å². The number of hydrogen-bond donors (Lipinski definition) is 1. The molecule has 0 saturated carbocycles. The van der Waals surface area contributed by atoms with Crippen LogP contribution in [0.4, 0.5) is 0 Å². The third kappa shape index (κ3) is 5.25. The van der Waals surface area contributed by atoms with Crippen LogP contribution in [-0.4, -0.2) is 41.5 Å². The van der Waals surface area contributed by atoms with E-state index in [-0.39, 0.29) is 6.10 Å². The van der Waals surface area contributed by atoms with Crippen LogP contribution < -0.4 is 5.32 Å². The van der Waals surface area contributed by atoms with Gasteiger partial charge in [-0.15, -0.1) is 22.7 Å². The van der Waals surface area contributed by atoms with Gasteiger partial charge in [0.05, 0.1) is 18.8 Å². The molecule has 2 heterocycles. The van der Waals surface area contributed by atoms with Crippen molar-refractivity contribution in [3.63, 3.8) is 0 Å². The molecule has 2 aromatic heterocycles. The highest BCUT2D eigenvalue weighted by Crippen LogP contribution is 2.21. The van der Waals surface area contributed by atoms with Crippen LogP contribution in [-0.2, 0) is 17.8 Å². The van der Waals surface area contributed by atoms with Crippen molar-refractivity contribution in [3.8, 4) is 0 Å². The van der Waals surface area contributed by atoms with E-state index in [0.717, 1.165) is 28.2 Å². The number of aromatic nitrogens is 2. The van der Waals surface area contributed by atoms with Gasteiger partial charge in [-0.05, 0) is 20.8 Å². The fourth-order valence-corrected chi connectivity index (χ4v) is 3.64. The summed E-state index contributed by atoms with van der Waals surface area (Å²) in [6.07, 6.45) is 1.92. The summed E-state index contributed by atoms with van der Waals surface area (Å²) in [5.41, 5.74) is 1.03. The molecule has 0 spiro atoms. The molecular weight excluding hydrogens is 342 g/mol. The van der Waals surface area contributed by atoms with E-state index in [1.807, 2.05) is 20.2 Å². The van der Waals surface area contributed by atoms with Crippen LogP contribution in [0, 0.1) is 6.92 Å². The van der Waals surface area contributed by atoms with E-state index in [0.29, 0.717) is 13.1 Å². The standard InChI is InChI=1S/C16H25N5OS2/c1-6-17-16(19-8-14-18-7-11(2)24-14)21(4)9-13-10-23-15(20-13)12(3)22-5/h7,10,12H,6,8-9H2,1-5H3,(H,17,19). The second-order valence-corrected chi connectivity index (χ2v) is 7.65. The van der Waals surface area contributed by atoms with E-state index in [2.05, 4.69) is 44.4 Å². The number of rotatable bonds is 7.